The van der Waals surface area contributed by atoms with Crippen molar-refractivity contribution in [3.05, 3.63) is 59.7 Å². The van der Waals surface area contributed by atoms with Crippen molar-refractivity contribution in [1.82, 2.24) is 0 Å². The molecule has 0 bridgehead atoms. The van der Waals surface area contributed by atoms with Gasteiger partial charge in [-0.3, -0.25) is 0 Å². The SMILES string of the molecule is C#Cc1cccc(OCc2ccc(N(C)C)cc2)c1. The summed E-state index contributed by atoms with van der Waals surface area (Å²) in [6, 6.07) is 15.9. The molecule has 2 nitrogen and oxygen atoms in total. The summed E-state index contributed by atoms with van der Waals surface area (Å²) in [4.78, 5) is 2.07. The van der Waals surface area contributed by atoms with Gasteiger partial charge in [0.05, 0.1) is 0 Å². The molecule has 0 radical (unpaired) electrons. The van der Waals surface area contributed by atoms with Crippen LogP contribution >= 0.6 is 0 Å². The highest BCUT2D eigenvalue weighted by molar-refractivity contribution is 5.46. The van der Waals surface area contributed by atoms with Gasteiger partial charge < -0.3 is 9.64 Å². The van der Waals surface area contributed by atoms with E-state index in [2.05, 4.69) is 35.1 Å². The average molecular weight is 251 g/mol. The molecule has 2 aromatic carbocycles. The molecule has 0 fully saturated rings. The van der Waals surface area contributed by atoms with Gasteiger partial charge in [-0.25, -0.2) is 0 Å². The predicted molar refractivity (Wildman–Crippen MR) is 79.5 cm³/mol. The van der Waals surface area contributed by atoms with Gasteiger partial charge in [0.15, 0.2) is 0 Å². The van der Waals surface area contributed by atoms with Gasteiger partial charge in [-0.1, -0.05) is 24.1 Å². The Morgan fingerprint density at radius 1 is 1.11 bits per heavy atom. The summed E-state index contributed by atoms with van der Waals surface area (Å²) in [6.07, 6.45) is 5.36. The minimum absolute atomic E-state index is 0.543. The number of ether oxygens (including phenoxy) is 1. The van der Waals surface area contributed by atoms with E-state index in [4.69, 9.17) is 11.2 Å². The maximum absolute atomic E-state index is 5.73. The Morgan fingerprint density at radius 3 is 2.47 bits per heavy atom. The summed E-state index contributed by atoms with van der Waals surface area (Å²) < 4.78 is 5.73. The van der Waals surface area contributed by atoms with Gasteiger partial charge in [-0.15, -0.1) is 6.42 Å². The van der Waals surface area contributed by atoms with Crippen molar-refractivity contribution < 1.29 is 4.74 Å². The highest BCUT2D eigenvalue weighted by Gasteiger charge is 1.99. The first-order chi connectivity index (χ1) is 9.19. The van der Waals surface area contributed by atoms with E-state index in [0.29, 0.717) is 6.61 Å². The summed E-state index contributed by atoms with van der Waals surface area (Å²) in [6.45, 7) is 0.543. The van der Waals surface area contributed by atoms with Crippen LogP contribution in [0.3, 0.4) is 0 Å². The van der Waals surface area contributed by atoms with E-state index < -0.39 is 0 Å². The molecule has 0 spiro atoms. The number of benzene rings is 2. The molecular formula is C17H17NO. The first-order valence-electron chi connectivity index (χ1n) is 6.15. The average Bonchev–Trinajstić information content (AvgIpc) is 2.46. The second-order valence-corrected chi connectivity index (χ2v) is 4.52. The van der Waals surface area contributed by atoms with Crippen LogP contribution in [0.25, 0.3) is 0 Å². The monoisotopic (exact) mass is 251 g/mol. The van der Waals surface area contributed by atoms with E-state index in [1.165, 1.54) is 5.69 Å². The molecule has 2 aromatic rings. The molecule has 0 heterocycles. The molecule has 0 aliphatic rings. The fraction of sp³-hybridized carbons (Fsp3) is 0.176. The Labute approximate surface area is 114 Å². The van der Waals surface area contributed by atoms with Gasteiger partial charge in [0.25, 0.3) is 0 Å². The summed E-state index contributed by atoms with van der Waals surface area (Å²) in [7, 11) is 4.05. The number of nitrogens with zero attached hydrogens (tertiary/aromatic N) is 1. The van der Waals surface area contributed by atoms with Crippen LogP contribution in [-0.4, -0.2) is 14.1 Å². The Morgan fingerprint density at radius 2 is 1.84 bits per heavy atom. The normalized spacial score (nSPS) is 9.74. The molecule has 0 saturated carbocycles. The summed E-state index contributed by atoms with van der Waals surface area (Å²) in [5.41, 5.74) is 3.15. The summed E-state index contributed by atoms with van der Waals surface area (Å²) in [5, 5.41) is 0. The number of hydrogen-bond donors (Lipinski definition) is 0. The van der Waals surface area contributed by atoms with Gasteiger partial charge in [0.1, 0.15) is 12.4 Å². The molecule has 0 saturated heterocycles. The largest absolute Gasteiger partial charge is 0.489 e. The van der Waals surface area contributed by atoms with Gasteiger partial charge >= 0.3 is 0 Å². The quantitative estimate of drug-likeness (QED) is 0.773. The zero-order chi connectivity index (χ0) is 13.7. The van der Waals surface area contributed by atoms with Gasteiger partial charge in [-0.2, -0.15) is 0 Å². The van der Waals surface area contributed by atoms with Crippen molar-refractivity contribution >= 4 is 5.69 Å². The molecule has 0 N–H and O–H groups in total. The van der Waals surface area contributed by atoms with Crippen molar-refractivity contribution in [3.63, 3.8) is 0 Å². The van der Waals surface area contributed by atoms with Crippen molar-refractivity contribution in [2.75, 3.05) is 19.0 Å². The molecule has 0 unspecified atom stereocenters. The second kappa shape index (κ2) is 5.97. The van der Waals surface area contributed by atoms with E-state index in [-0.39, 0.29) is 0 Å². The minimum Gasteiger partial charge on any atom is -0.489 e. The number of anilines is 1. The third-order valence-electron chi connectivity index (χ3n) is 2.86. The maximum Gasteiger partial charge on any atom is 0.121 e. The number of rotatable bonds is 4. The van der Waals surface area contributed by atoms with Crippen LogP contribution in [0, 0.1) is 12.3 Å². The third-order valence-corrected chi connectivity index (χ3v) is 2.86. The standard InChI is InChI=1S/C17H17NO/c1-4-14-6-5-7-17(12-14)19-13-15-8-10-16(11-9-15)18(2)3/h1,5-12H,13H2,2-3H3. The molecule has 0 aliphatic carbocycles. The predicted octanol–water partition coefficient (Wildman–Crippen LogP) is 3.31. The molecule has 0 aromatic heterocycles. The molecule has 2 rings (SSSR count). The smallest absolute Gasteiger partial charge is 0.121 e. The maximum atomic E-state index is 5.73. The van der Waals surface area contributed by atoms with E-state index in [1.807, 2.05) is 38.4 Å². The van der Waals surface area contributed by atoms with Gasteiger partial charge in [-0.05, 0) is 35.9 Å². The molecule has 0 aliphatic heterocycles. The molecule has 19 heavy (non-hydrogen) atoms. The van der Waals surface area contributed by atoms with E-state index in [0.717, 1.165) is 16.9 Å². The van der Waals surface area contributed by atoms with Crippen LogP contribution in [0.1, 0.15) is 11.1 Å². The number of terminal acetylenes is 1. The molecule has 96 valence electrons. The van der Waals surface area contributed by atoms with Crippen molar-refractivity contribution in [3.8, 4) is 18.1 Å². The third kappa shape index (κ3) is 3.53. The van der Waals surface area contributed by atoms with Crippen LogP contribution in [-0.2, 0) is 6.61 Å². The van der Waals surface area contributed by atoms with Crippen LogP contribution in [0.15, 0.2) is 48.5 Å². The summed E-state index contributed by atoms with van der Waals surface area (Å²) in [5.74, 6) is 3.40. The Kier molecular flexibility index (Phi) is 4.10. The Hall–Kier alpha value is -2.40. The van der Waals surface area contributed by atoms with E-state index in [9.17, 15) is 0 Å². The Bertz CT molecular complexity index is 579. The van der Waals surface area contributed by atoms with Crippen molar-refractivity contribution in [1.29, 1.82) is 0 Å². The van der Waals surface area contributed by atoms with Crippen LogP contribution < -0.4 is 9.64 Å². The van der Waals surface area contributed by atoms with E-state index >= 15 is 0 Å². The van der Waals surface area contributed by atoms with Crippen LogP contribution in [0.5, 0.6) is 5.75 Å². The molecular weight excluding hydrogens is 234 g/mol. The van der Waals surface area contributed by atoms with E-state index in [1.54, 1.807) is 0 Å². The summed E-state index contributed by atoms with van der Waals surface area (Å²) >= 11 is 0. The number of hydrogen-bond acceptors (Lipinski definition) is 2. The zero-order valence-electron chi connectivity index (χ0n) is 11.3. The topological polar surface area (TPSA) is 12.5 Å². The van der Waals surface area contributed by atoms with Crippen LogP contribution in [0.2, 0.25) is 0 Å². The highest BCUT2D eigenvalue weighted by Crippen LogP contribution is 2.16. The lowest BCUT2D eigenvalue weighted by Crippen LogP contribution is -2.08. The minimum atomic E-state index is 0.543. The fourth-order valence-electron chi connectivity index (χ4n) is 1.73. The fourth-order valence-corrected chi connectivity index (χ4v) is 1.73. The first-order valence-corrected chi connectivity index (χ1v) is 6.15. The lowest BCUT2D eigenvalue weighted by Gasteiger charge is -2.13. The first kappa shape index (κ1) is 13.0. The lowest BCUT2D eigenvalue weighted by molar-refractivity contribution is 0.306. The molecule has 0 atom stereocenters. The van der Waals surface area contributed by atoms with Crippen molar-refractivity contribution in [2.24, 2.45) is 0 Å². The Balaban J connectivity index is 2.00. The lowest BCUT2D eigenvalue weighted by atomic mass is 10.2. The van der Waals surface area contributed by atoms with Gasteiger partial charge in [0, 0.05) is 25.3 Å². The molecule has 0 amide bonds. The van der Waals surface area contributed by atoms with Gasteiger partial charge in [0.2, 0.25) is 0 Å². The highest BCUT2D eigenvalue weighted by atomic mass is 16.5. The van der Waals surface area contributed by atoms with Crippen molar-refractivity contribution in [2.45, 2.75) is 6.61 Å². The zero-order valence-corrected chi connectivity index (χ0v) is 11.3. The molecule has 2 heteroatoms. The van der Waals surface area contributed by atoms with Crippen LogP contribution in [0.4, 0.5) is 5.69 Å². The second-order valence-electron chi connectivity index (χ2n) is 4.52.